The normalized spacial score (nSPS) is 12.5. The van der Waals surface area contributed by atoms with Gasteiger partial charge in [0.05, 0.1) is 14.6 Å². The molecule has 0 spiro atoms. The van der Waals surface area contributed by atoms with Crippen molar-refractivity contribution in [2.24, 2.45) is 0 Å². The zero-order valence-corrected chi connectivity index (χ0v) is 9.11. The third kappa shape index (κ3) is 2.29. The Bertz CT molecular complexity index is 316. The Labute approximate surface area is 83.1 Å². The van der Waals surface area contributed by atoms with Gasteiger partial charge < -0.3 is 0 Å². The van der Waals surface area contributed by atoms with Gasteiger partial charge in [-0.05, 0) is 35.0 Å². The average Bonchev–Trinajstić information content (AvgIpc) is 2.04. The van der Waals surface area contributed by atoms with Crippen molar-refractivity contribution in [1.82, 2.24) is 0 Å². The summed E-state index contributed by atoms with van der Waals surface area (Å²) in [5, 5.41) is 0. The molecule has 0 amide bonds. The quantitative estimate of drug-likeness (QED) is 0.782. The summed E-state index contributed by atoms with van der Waals surface area (Å²) in [6.45, 7) is 5.57. The lowest BCUT2D eigenvalue weighted by molar-refractivity contribution is 0.688. The first-order valence-electron chi connectivity index (χ1n) is 3.44. The van der Waals surface area contributed by atoms with Crippen molar-refractivity contribution < 1.29 is 4.21 Å². The molecule has 0 saturated heterocycles. The first-order chi connectivity index (χ1) is 5.61. The fraction of sp³-hybridized carbons (Fsp3) is 0.111. The topological polar surface area (TPSA) is 17.1 Å². The van der Waals surface area contributed by atoms with Crippen LogP contribution in [0.5, 0.6) is 0 Å². The van der Waals surface area contributed by atoms with E-state index in [0.717, 1.165) is 10.5 Å². The van der Waals surface area contributed by atoms with Gasteiger partial charge in [-0.15, -0.1) is 0 Å². The van der Waals surface area contributed by atoms with Crippen LogP contribution in [0.25, 0.3) is 0 Å². The average molecular weight is 245 g/mol. The molecule has 1 aromatic carbocycles. The third-order valence-corrected chi connectivity index (χ3v) is 3.42. The molecule has 1 nitrogen and oxygen atoms in total. The van der Waals surface area contributed by atoms with Crippen molar-refractivity contribution in [1.29, 1.82) is 0 Å². The summed E-state index contributed by atoms with van der Waals surface area (Å²) < 4.78 is 11.9. The molecule has 0 aliphatic rings. The second-order valence-corrected chi connectivity index (χ2v) is 5.42. The van der Waals surface area contributed by atoms with Crippen LogP contribution in [0.15, 0.2) is 39.6 Å². The molecule has 0 saturated carbocycles. The number of hydrogen-bond donors (Lipinski definition) is 0. The molecule has 0 bridgehead atoms. The van der Waals surface area contributed by atoms with Crippen molar-refractivity contribution in [3.63, 3.8) is 0 Å². The fourth-order valence-electron chi connectivity index (χ4n) is 0.790. The van der Waals surface area contributed by atoms with Crippen LogP contribution in [-0.2, 0) is 10.8 Å². The zero-order valence-electron chi connectivity index (χ0n) is 6.71. The molecule has 1 atom stereocenters. The van der Waals surface area contributed by atoms with Crippen molar-refractivity contribution in [3.05, 3.63) is 40.2 Å². The maximum atomic E-state index is 11.4. The lowest BCUT2D eigenvalue weighted by Crippen LogP contribution is -1.88. The SMILES string of the molecule is C=C(Br)[S@@](=O)c1ccc(C)cc1. The van der Waals surface area contributed by atoms with Gasteiger partial charge in [0.2, 0.25) is 0 Å². The molecule has 1 aromatic rings. The largest absolute Gasteiger partial charge is 0.249 e. The van der Waals surface area contributed by atoms with Gasteiger partial charge in [0.25, 0.3) is 0 Å². The molecule has 64 valence electrons. The Kier molecular flexibility index (Phi) is 3.23. The Morgan fingerprint density at radius 1 is 1.42 bits per heavy atom. The van der Waals surface area contributed by atoms with E-state index < -0.39 is 10.8 Å². The first kappa shape index (κ1) is 9.68. The molecule has 0 fully saturated rings. The van der Waals surface area contributed by atoms with Crippen molar-refractivity contribution in [2.75, 3.05) is 0 Å². The minimum Gasteiger partial charge on any atom is -0.249 e. The van der Waals surface area contributed by atoms with Crippen molar-refractivity contribution >= 4 is 26.7 Å². The van der Waals surface area contributed by atoms with Crippen LogP contribution in [0.3, 0.4) is 0 Å². The molecular weight excluding hydrogens is 236 g/mol. The van der Waals surface area contributed by atoms with E-state index in [-0.39, 0.29) is 0 Å². The van der Waals surface area contributed by atoms with Gasteiger partial charge in [-0.3, -0.25) is 0 Å². The monoisotopic (exact) mass is 244 g/mol. The summed E-state index contributed by atoms with van der Waals surface area (Å²) in [6.07, 6.45) is 0. The van der Waals surface area contributed by atoms with Crippen molar-refractivity contribution in [2.45, 2.75) is 11.8 Å². The Hall–Kier alpha value is -0.410. The van der Waals surface area contributed by atoms with Crippen LogP contribution in [0, 0.1) is 6.92 Å². The number of aryl methyl sites for hydroxylation is 1. The molecule has 0 radical (unpaired) electrons. The second kappa shape index (κ2) is 4.01. The summed E-state index contributed by atoms with van der Waals surface area (Å²) in [5.74, 6) is 0. The number of rotatable bonds is 2. The van der Waals surface area contributed by atoms with Gasteiger partial charge in [0.15, 0.2) is 0 Å². The van der Waals surface area contributed by atoms with Crippen LogP contribution in [0.1, 0.15) is 5.56 Å². The zero-order chi connectivity index (χ0) is 9.14. The van der Waals surface area contributed by atoms with E-state index in [1.165, 1.54) is 0 Å². The predicted molar refractivity (Wildman–Crippen MR) is 55.7 cm³/mol. The first-order valence-corrected chi connectivity index (χ1v) is 5.38. The van der Waals surface area contributed by atoms with E-state index in [0.29, 0.717) is 3.81 Å². The van der Waals surface area contributed by atoms with Gasteiger partial charge >= 0.3 is 0 Å². The van der Waals surface area contributed by atoms with E-state index in [1.54, 1.807) is 0 Å². The number of halogens is 1. The molecule has 3 heteroatoms. The van der Waals surface area contributed by atoms with Crippen LogP contribution >= 0.6 is 15.9 Å². The van der Waals surface area contributed by atoms with Crippen LogP contribution < -0.4 is 0 Å². The van der Waals surface area contributed by atoms with E-state index in [9.17, 15) is 4.21 Å². The van der Waals surface area contributed by atoms with E-state index in [1.807, 2.05) is 31.2 Å². The smallest absolute Gasteiger partial charge is 0.0914 e. The lowest BCUT2D eigenvalue weighted by Gasteiger charge is -1.99. The highest BCUT2D eigenvalue weighted by atomic mass is 79.9. The summed E-state index contributed by atoms with van der Waals surface area (Å²) in [6, 6.07) is 7.56. The number of benzene rings is 1. The molecule has 1 rings (SSSR count). The van der Waals surface area contributed by atoms with E-state index in [2.05, 4.69) is 22.5 Å². The second-order valence-electron chi connectivity index (χ2n) is 2.44. The van der Waals surface area contributed by atoms with Crippen LogP contribution in [-0.4, -0.2) is 4.21 Å². The Morgan fingerprint density at radius 2 is 1.92 bits per heavy atom. The number of hydrogen-bond acceptors (Lipinski definition) is 1. The summed E-state index contributed by atoms with van der Waals surface area (Å²) in [5.41, 5.74) is 1.16. The molecule has 12 heavy (non-hydrogen) atoms. The predicted octanol–water partition coefficient (Wildman–Crippen LogP) is 2.97. The molecule has 0 unspecified atom stereocenters. The van der Waals surface area contributed by atoms with Gasteiger partial charge in [-0.2, -0.15) is 0 Å². The molecular formula is C9H9BrOS. The maximum Gasteiger partial charge on any atom is 0.0914 e. The van der Waals surface area contributed by atoms with Gasteiger partial charge in [-0.25, -0.2) is 4.21 Å². The van der Waals surface area contributed by atoms with Crippen LogP contribution in [0.4, 0.5) is 0 Å². The van der Waals surface area contributed by atoms with Crippen LogP contribution in [0.2, 0.25) is 0 Å². The van der Waals surface area contributed by atoms with Gasteiger partial charge in [-0.1, -0.05) is 24.3 Å². The van der Waals surface area contributed by atoms with Crippen molar-refractivity contribution in [3.8, 4) is 0 Å². The Morgan fingerprint density at radius 3 is 2.33 bits per heavy atom. The molecule has 0 N–H and O–H groups in total. The fourth-order valence-corrected chi connectivity index (χ4v) is 1.99. The molecule has 0 aliphatic carbocycles. The van der Waals surface area contributed by atoms with Gasteiger partial charge in [0.1, 0.15) is 0 Å². The Balaban J connectivity index is 2.98. The lowest BCUT2D eigenvalue weighted by atomic mass is 10.2. The molecule has 0 heterocycles. The molecule has 0 aromatic heterocycles. The highest BCUT2D eigenvalue weighted by molar-refractivity contribution is 9.13. The third-order valence-electron chi connectivity index (χ3n) is 1.44. The highest BCUT2D eigenvalue weighted by Crippen LogP contribution is 2.17. The summed E-state index contributed by atoms with van der Waals surface area (Å²) >= 11 is 3.10. The van der Waals surface area contributed by atoms with E-state index in [4.69, 9.17) is 0 Å². The highest BCUT2D eigenvalue weighted by Gasteiger charge is 2.03. The maximum absolute atomic E-state index is 11.4. The minimum atomic E-state index is -1.12. The summed E-state index contributed by atoms with van der Waals surface area (Å²) in [7, 11) is -1.12. The molecule has 0 aliphatic heterocycles. The van der Waals surface area contributed by atoms with E-state index >= 15 is 0 Å². The standard InChI is InChI=1S/C9H9BrOS/c1-7-3-5-9(6-4-7)12(11)8(2)10/h3-6H,2H2,1H3/t12-/m1/s1. The van der Waals surface area contributed by atoms with Gasteiger partial charge in [0, 0.05) is 4.90 Å². The summed E-state index contributed by atoms with van der Waals surface area (Å²) in [4.78, 5) is 0.780. The minimum absolute atomic E-state index is 0.506.